The fourth-order valence-electron chi connectivity index (χ4n) is 4.10. The highest BCUT2D eigenvalue weighted by Crippen LogP contribution is 2.42. The van der Waals surface area contributed by atoms with Crippen molar-refractivity contribution in [3.63, 3.8) is 0 Å². The first-order chi connectivity index (χ1) is 12.2. The first-order valence-corrected chi connectivity index (χ1v) is 8.68. The smallest absolute Gasteiger partial charge is 0.276 e. The Morgan fingerprint density at radius 1 is 1.32 bits per heavy atom. The summed E-state index contributed by atoms with van der Waals surface area (Å²) in [6, 6.07) is 1.58. The lowest BCUT2D eigenvalue weighted by Crippen LogP contribution is -2.58. The van der Waals surface area contributed by atoms with Crippen LogP contribution in [0, 0.1) is 0 Å². The number of aromatic amines is 1. The molecule has 2 aliphatic rings. The van der Waals surface area contributed by atoms with Gasteiger partial charge in [-0.3, -0.25) is 9.59 Å². The zero-order chi connectivity index (χ0) is 17.4. The first kappa shape index (κ1) is 15.9. The van der Waals surface area contributed by atoms with Crippen LogP contribution in [0.25, 0.3) is 0 Å². The van der Waals surface area contributed by atoms with E-state index in [4.69, 9.17) is 4.52 Å². The van der Waals surface area contributed by atoms with Gasteiger partial charge in [-0.25, -0.2) is 4.98 Å². The maximum atomic E-state index is 12.6. The van der Waals surface area contributed by atoms with E-state index in [1.807, 2.05) is 11.8 Å². The number of H-pyrrole nitrogens is 1. The number of hydrogen-bond acceptors (Lipinski definition) is 5. The van der Waals surface area contributed by atoms with Gasteiger partial charge in [-0.2, -0.15) is 0 Å². The van der Waals surface area contributed by atoms with Gasteiger partial charge in [0, 0.05) is 44.2 Å². The van der Waals surface area contributed by atoms with Crippen molar-refractivity contribution in [3.8, 4) is 0 Å². The van der Waals surface area contributed by atoms with Gasteiger partial charge in [0.1, 0.15) is 6.26 Å². The van der Waals surface area contributed by atoms with Gasteiger partial charge in [-0.05, 0) is 12.8 Å². The molecule has 0 aromatic carbocycles. The predicted molar refractivity (Wildman–Crippen MR) is 87.6 cm³/mol. The Labute approximate surface area is 145 Å². The van der Waals surface area contributed by atoms with Crippen LogP contribution >= 0.6 is 0 Å². The molecule has 1 N–H and O–H groups in total. The van der Waals surface area contributed by atoms with E-state index in [1.54, 1.807) is 17.3 Å². The lowest BCUT2D eigenvalue weighted by Gasteiger charge is -2.50. The molecule has 0 saturated carbocycles. The number of carbonyl (C=O) groups is 2. The summed E-state index contributed by atoms with van der Waals surface area (Å²) in [6.45, 7) is 3.70. The van der Waals surface area contributed by atoms with Crippen molar-refractivity contribution in [1.82, 2.24) is 24.9 Å². The van der Waals surface area contributed by atoms with Crippen molar-refractivity contribution < 1.29 is 14.1 Å². The summed E-state index contributed by atoms with van der Waals surface area (Å²) in [5.41, 5.74) is 1.98. The van der Waals surface area contributed by atoms with Crippen LogP contribution in [0.3, 0.4) is 0 Å². The SMILES string of the molecule is CCC(=O)N1CCc2[nH]cnc2C12CCN(C(=O)c1ccon1)CC2. The van der Waals surface area contributed by atoms with Crippen LogP contribution in [-0.2, 0) is 16.8 Å². The largest absolute Gasteiger partial charge is 0.364 e. The molecule has 25 heavy (non-hydrogen) atoms. The second kappa shape index (κ2) is 6.02. The van der Waals surface area contributed by atoms with Crippen LogP contribution in [0.1, 0.15) is 48.1 Å². The summed E-state index contributed by atoms with van der Waals surface area (Å²) in [7, 11) is 0. The molecule has 4 heterocycles. The molecule has 1 saturated heterocycles. The zero-order valence-corrected chi connectivity index (χ0v) is 14.2. The highest BCUT2D eigenvalue weighted by Gasteiger charge is 2.48. The number of piperidine rings is 1. The normalized spacial score (nSPS) is 19.1. The monoisotopic (exact) mass is 343 g/mol. The standard InChI is InChI=1S/C17H21N5O3/c1-2-14(23)22-7-3-12-15(19-11-18-12)17(22)5-8-21(9-6-17)16(24)13-4-10-25-20-13/h4,10-11H,2-3,5-9H2,1H3,(H,18,19). The van der Waals surface area contributed by atoms with Gasteiger partial charge in [0.25, 0.3) is 5.91 Å². The molecule has 0 bridgehead atoms. The lowest BCUT2D eigenvalue weighted by molar-refractivity contribution is -0.141. The third kappa shape index (κ3) is 2.43. The summed E-state index contributed by atoms with van der Waals surface area (Å²) >= 11 is 0. The van der Waals surface area contributed by atoms with Crippen molar-refractivity contribution >= 4 is 11.8 Å². The Hall–Kier alpha value is -2.64. The molecule has 1 fully saturated rings. The fraction of sp³-hybridized carbons (Fsp3) is 0.529. The molecule has 8 nitrogen and oxygen atoms in total. The molecule has 0 unspecified atom stereocenters. The van der Waals surface area contributed by atoms with Gasteiger partial charge in [0.15, 0.2) is 5.69 Å². The van der Waals surface area contributed by atoms with Crippen LogP contribution in [0.15, 0.2) is 23.2 Å². The van der Waals surface area contributed by atoms with E-state index in [9.17, 15) is 9.59 Å². The fourth-order valence-corrected chi connectivity index (χ4v) is 4.10. The molecule has 1 spiro atoms. The average molecular weight is 343 g/mol. The molecular formula is C17H21N5O3. The number of amides is 2. The maximum Gasteiger partial charge on any atom is 0.276 e. The van der Waals surface area contributed by atoms with E-state index in [2.05, 4.69) is 15.1 Å². The number of carbonyl (C=O) groups excluding carboxylic acids is 2. The molecule has 8 heteroatoms. The second-order valence-electron chi connectivity index (χ2n) is 6.59. The molecule has 0 atom stereocenters. The molecule has 2 amide bonds. The van der Waals surface area contributed by atoms with E-state index in [0.717, 1.165) is 17.8 Å². The Morgan fingerprint density at radius 3 is 2.80 bits per heavy atom. The minimum Gasteiger partial charge on any atom is -0.364 e. The minimum absolute atomic E-state index is 0.130. The highest BCUT2D eigenvalue weighted by atomic mass is 16.5. The summed E-state index contributed by atoms with van der Waals surface area (Å²) in [5.74, 6) is 0.0138. The average Bonchev–Trinajstić information content (AvgIpc) is 3.33. The molecule has 0 radical (unpaired) electrons. The summed E-state index contributed by atoms with van der Waals surface area (Å²) in [5, 5.41) is 3.73. The van der Waals surface area contributed by atoms with E-state index < -0.39 is 5.54 Å². The van der Waals surface area contributed by atoms with Gasteiger partial charge in [0.05, 0.1) is 17.6 Å². The number of fused-ring (bicyclic) bond motifs is 2. The van der Waals surface area contributed by atoms with Crippen LogP contribution in [0.5, 0.6) is 0 Å². The second-order valence-corrected chi connectivity index (χ2v) is 6.59. The van der Waals surface area contributed by atoms with E-state index in [1.165, 1.54) is 6.26 Å². The molecule has 2 aliphatic heterocycles. The Kier molecular flexibility index (Phi) is 3.82. The Bertz CT molecular complexity index is 774. The third-order valence-corrected chi connectivity index (χ3v) is 5.40. The maximum absolute atomic E-state index is 12.6. The van der Waals surface area contributed by atoms with Gasteiger partial charge in [0.2, 0.25) is 5.91 Å². The van der Waals surface area contributed by atoms with Crippen molar-refractivity contribution in [3.05, 3.63) is 35.7 Å². The van der Waals surface area contributed by atoms with Crippen LogP contribution in [0.2, 0.25) is 0 Å². The first-order valence-electron chi connectivity index (χ1n) is 8.68. The van der Waals surface area contributed by atoms with Gasteiger partial charge >= 0.3 is 0 Å². The number of aromatic nitrogens is 3. The van der Waals surface area contributed by atoms with Gasteiger partial charge in [-0.15, -0.1) is 0 Å². The minimum atomic E-state index is -0.415. The third-order valence-electron chi connectivity index (χ3n) is 5.40. The van der Waals surface area contributed by atoms with E-state index >= 15 is 0 Å². The summed E-state index contributed by atoms with van der Waals surface area (Å²) < 4.78 is 4.77. The molecule has 2 aromatic heterocycles. The number of nitrogens with one attached hydrogen (secondary N) is 1. The Morgan fingerprint density at radius 2 is 2.12 bits per heavy atom. The topological polar surface area (TPSA) is 95.3 Å². The van der Waals surface area contributed by atoms with Crippen molar-refractivity contribution in [2.75, 3.05) is 19.6 Å². The van der Waals surface area contributed by atoms with Crippen LogP contribution < -0.4 is 0 Å². The zero-order valence-electron chi connectivity index (χ0n) is 14.2. The molecule has 2 aromatic rings. The van der Waals surface area contributed by atoms with Crippen molar-refractivity contribution in [2.45, 2.75) is 38.1 Å². The van der Waals surface area contributed by atoms with Crippen molar-refractivity contribution in [2.24, 2.45) is 0 Å². The summed E-state index contributed by atoms with van der Waals surface area (Å²) in [6.07, 6.45) is 5.74. The molecule has 0 aliphatic carbocycles. The van der Waals surface area contributed by atoms with Crippen LogP contribution in [-0.4, -0.2) is 56.4 Å². The highest BCUT2D eigenvalue weighted by molar-refractivity contribution is 5.92. The number of nitrogens with zero attached hydrogens (tertiary/aromatic N) is 4. The predicted octanol–water partition coefficient (Wildman–Crippen LogP) is 1.32. The van der Waals surface area contributed by atoms with E-state index in [-0.39, 0.29) is 11.8 Å². The van der Waals surface area contributed by atoms with Crippen LogP contribution in [0.4, 0.5) is 0 Å². The molecule has 4 rings (SSSR count). The number of rotatable bonds is 2. The van der Waals surface area contributed by atoms with Gasteiger partial charge < -0.3 is 19.3 Å². The van der Waals surface area contributed by atoms with E-state index in [0.29, 0.717) is 44.6 Å². The lowest BCUT2D eigenvalue weighted by atomic mass is 9.78. The molecule has 132 valence electrons. The van der Waals surface area contributed by atoms with Gasteiger partial charge in [-0.1, -0.05) is 12.1 Å². The van der Waals surface area contributed by atoms with Crippen molar-refractivity contribution in [1.29, 1.82) is 0 Å². The number of hydrogen-bond donors (Lipinski definition) is 1. The Balaban J connectivity index is 1.60. The molecular weight excluding hydrogens is 322 g/mol. The summed E-state index contributed by atoms with van der Waals surface area (Å²) in [4.78, 5) is 36.6. The number of imidazole rings is 1. The quantitative estimate of drug-likeness (QED) is 0.887. The number of likely N-dealkylation sites (tertiary alicyclic amines) is 1.